The molecule has 42 heavy (non-hydrogen) atoms. The summed E-state index contributed by atoms with van der Waals surface area (Å²) in [6.07, 6.45) is 6.16. The number of amides is 2. The van der Waals surface area contributed by atoms with Crippen molar-refractivity contribution in [1.82, 2.24) is 10.2 Å². The van der Waals surface area contributed by atoms with E-state index in [4.69, 9.17) is 4.74 Å². The SMILES string of the molecule is O=C1NC(c2ccccc2)COC(=O)C(Cc2ccccc2)CCC=CCC1CC(=O)N(CCO)Cc1ccccc1. The van der Waals surface area contributed by atoms with Gasteiger partial charge in [-0.3, -0.25) is 14.4 Å². The van der Waals surface area contributed by atoms with Crippen LogP contribution in [0.25, 0.3) is 0 Å². The van der Waals surface area contributed by atoms with Gasteiger partial charge < -0.3 is 20.1 Å². The van der Waals surface area contributed by atoms with Crippen LogP contribution in [0.4, 0.5) is 0 Å². The van der Waals surface area contributed by atoms with Gasteiger partial charge in [0.1, 0.15) is 6.61 Å². The molecule has 2 N–H and O–H groups in total. The fourth-order valence-corrected chi connectivity index (χ4v) is 5.20. The largest absolute Gasteiger partial charge is 0.463 e. The highest BCUT2D eigenvalue weighted by atomic mass is 16.5. The summed E-state index contributed by atoms with van der Waals surface area (Å²) in [5.41, 5.74) is 2.84. The van der Waals surface area contributed by atoms with Crippen molar-refractivity contribution in [3.8, 4) is 0 Å². The van der Waals surface area contributed by atoms with E-state index >= 15 is 0 Å². The molecule has 0 aromatic heterocycles. The Balaban J connectivity index is 1.53. The first-order valence-electron chi connectivity index (χ1n) is 14.7. The molecule has 3 unspecified atom stereocenters. The van der Waals surface area contributed by atoms with Crippen LogP contribution in [0.3, 0.4) is 0 Å². The van der Waals surface area contributed by atoms with Gasteiger partial charge in [-0.2, -0.15) is 0 Å². The maximum absolute atomic E-state index is 13.7. The van der Waals surface area contributed by atoms with Crippen molar-refractivity contribution >= 4 is 17.8 Å². The molecule has 1 aliphatic heterocycles. The van der Waals surface area contributed by atoms with Crippen LogP contribution in [0.5, 0.6) is 0 Å². The number of ether oxygens (including phenoxy) is 1. The van der Waals surface area contributed by atoms with Gasteiger partial charge in [-0.25, -0.2) is 0 Å². The lowest BCUT2D eigenvalue weighted by Crippen LogP contribution is -2.40. The standard InChI is InChI=1S/C35H40N2O5/c38-22-21-37(25-28-15-7-2-8-16-28)33(39)24-30-19-11-4-12-20-31(23-27-13-5-1-6-14-27)35(41)42-26-32(36-34(30)40)29-17-9-3-10-18-29/h1-11,13-18,30-32,38H,12,19-26H2,(H,36,40). The summed E-state index contributed by atoms with van der Waals surface area (Å²) >= 11 is 0. The zero-order valence-corrected chi connectivity index (χ0v) is 23.9. The van der Waals surface area contributed by atoms with E-state index in [9.17, 15) is 19.5 Å². The molecule has 0 fully saturated rings. The van der Waals surface area contributed by atoms with Gasteiger partial charge in [0, 0.05) is 19.5 Å². The molecule has 0 radical (unpaired) electrons. The van der Waals surface area contributed by atoms with Gasteiger partial charge in [0.2, 0.25) is 11.8 Å². The molecular weight excluding hydrogens is 528 g/mol. The highest BCUT2D eigenvalue weighted by Crippen LogP contribution is 2.22. The van der Waals surface area contributed by atoms with Gasteiger partial charge in [-0.15, -0.1) is 0 Å². The van der Waals surface area contributed by atoms with E-state index in [2.05, 4.69) is 5.32 Å². The van der Waals surface area contributed by atoms with E-state index < -0.39 is 12.0 Å². The summed E-state index contributed by atoms with van der Waals surface area (Å²) in [5.74, 6) is -1.69. The molecular formula is C35H40N2O5. The second-order valence-electron chi connectivity index (χ2n) is 10.7. The van der Waals surface area contributed by atoms with Crippen molar-refractivity contribution in [3.63, 3.8) is 0 Å². The van der Waals surface area contributed by atoms with Gasteiger partial charge in [-0.05, 0) is 42.4 Å². The maximum atomic E-state index is 13.7. The number of cyclic esters (lactones) is 1. The molecule has 4 rings (SSSR count). The van der Waals surface area contributed by atoms with Crippen LogP contribution in [0.2, 0.25) is 0 Å². The average Bonchev–Trinajstić information content (AvgIpc) is 3.03. The first-order chi connectivity index (χ1) is 20.5. The van der Waals surface area contributed by atoms with E-state index in [0.717, 1.165) is 16.7 Å². The number of nitrogens with one attached hydrogen (secondary N) is 1. The number of benzene rings is 3. The number of hydrogen-bond donors (Lipinski definition) is 2. The van der Waals surface area contributed by atoms with Crippen LogP contribution in [-0.2, 0) is 32.1 Å². The van der Waals surface area contributed by atoms with E-state index in [1.165, 1.54) is 0 Å². The lowest BCUT2D eigenvalue weighted by atomic mass is 9.94. The minimum absolute atomic E-state index is 0.000929. The monoisotopic (exact) mass is 568 g/mol. The van der Waals surface area contributed by atoms with Crippen LogP contribution in [-0.4, -0.2) is 47.5 Å². The van der Waals surface area contributed by atoms with E-state index in [-0.39, 0.29) is 49.9 Å². The third kappa shape index (κ3) is 9.42. The summed E-state index contributed by atoms with van der Waals surface area (Å²) < 4.78 is 5.83. The van der Waals surface area contributed by atoms with Crippen molar-refractivity contribution in [1.29, 1.82) is 0 Å². The van der Waals surface area contributed by atoms with Gasteiger partial charge in [0.05, 0.1) is 24.5 Å². The first kappa shape index (κ1) is 30.7. The van der Waals surface area contributed by atoms with Crippen LogP contribution in [0, 0.1) is 11.8 Å². The minimum Gasteiger partial charge on any atom is -0.463 e. The molecule has 3 aromatic rings. The normalized spacial score (nSPS) is 19.9. The number of esters is 1. The molecule has 2 amide bonds. The summed E-state index contributed by atoms with van der Waals surface area (Å²) in [4.78, 5) is 41.9. The molecule has 3 atom stereocenters. The highest BCUT2D eigenvalue weighted by Gasteiger charge is 2.28. The number of rotatable bonds is 9. The number of hydrogen-bond acceptors (Lipinski definition) is 5. The fourth-order valence-electron chi connectivity index (χ4n) is 5.20. The van der Waals surface area contributed by atoms with Crippen LogP contribution in [0.1, 0.15) is 48.4 Å². The maximum Gasteiger partial charge on any atom is 0.309 e. The molecule has 0 aliphatic carbocycles. The topological polar surface area (TPSA) is 95.9 Å². The third-order valence-corrected chi connectivity index (χ3v) is 7.57. The summed E-state index contributed by atoms with van der Waals surface area (Å²) in [6, 6.07) is 28.4. The first-order valence-corrected chi connectivity index (χ1v) is 14.7. The average molecular weight is 569 g/mol. The van der Waals surface area contributed by atoms with Gasteiger partial charge in [0.15, 0.2) is 0 Å². The van der Waals surface area contributed by atoms with Crippen molar-refractivity contribution < 1.29 is 24.2 Å². The van der Waals surface area contributed by atoms with Crippen LogP contribution in [0.15, 0.2) is 103 Å². The van der Waals surface area contributed by atoms with Crippen molar-refractivity contribution in [2.24, 2.45) is 11.8 Å². The number of nitrogens with zero attached hydrogens (tertiary/aromatic N) is 1. The Morgan fingerprint density at radius 2 is 1.50 bits per heavy atom. The lowest BCUT2D eigenvalue weighted by molar-refractivity contribution is -0.150. The van der Waals surface area contributed by atoms with E-state index in [1.807, 2.05) is 103 Å². The smallest absolute Gasteiger partial charge is 0.309 e. The number of aliphatic hydroxyl groups excluding tert-OH is 1. The van der Waals surface area contributed by atoms with Gasteiger partial charge in [0.25, 0.3) is 0 Å². The minimum atomic E-state index is -0.617. The predicted octanol–water partition coefficient (Wildman–Crippen LogP) is 5.01. The molecule has 1 aliphatic rings. The number of carbonyl (C=O) groups is 3. The van der Waals surface area contributed by atoms with Gasteiger partial charge >= 0.3 is 5.97 Å². The molecule has 0 saturated carbocycles. The van der Waals surface area contributed by atoms with E-state index in [0.29, 0.717) is 32.2 Å². The molecule has 0 bridgehead atoms. The number of carbonyl (C=O) groups excluding carboxylic acids is 3. The van der Waals surface area contributed by atoms with Crippen LogP contribution >= 0.6 is 0 Å². The second-order valence-corrected chi connectivity index (χ2v) is 10.7. The Kier molecular flexibility index (Phi) is 11.9. The summed E-state index contributed by atoms with van der Waals surface area (Å²) in [6.45, 7) is 0.374. The zero-order valence-electron chi connectivity index (χ0n) is 23.9. The van der Waals surface area contributed by atoms with E-state index in [1.54, 1.807) is 4.90 Å². The molecule has 0 saturated heterocycles. The number of aliphatic hydroxyl groups is 1. The summed E-state index contributed by atoms with van der Waals surface area (Å²) in [7, 11) is 0. The lowest BCUT2D eigenvalue weighted by Gasteiger charge is -2.26. The second kappa shape index (κ2) is 16.3. The van der Waals surface area contributed by atoms with Crippen LogP contribution < -0.4 is 5.32 Å². The third-order valence-electron chi connectivity index (χ3n) is 7.57. The number of allylic oxidation sites excluding steroid dienone is 2. The highest BCUT2D eigenvalue weighted by molar-refractivity contribution is 5.86. The van der Waals surface area contributed by atoms with Crippen molar-refractivity contribution in [2.75, 3.05) is 19.8 Å². The quantitative estimate of drug-likeness (QED) is 0.279. The molecule has 3 aromatic carbocycles. The van der Waals surface area contributed by atoms with Crippen molar-refractivity contribution in [3.05, 3.63) is 120 Å². The Labute approximate surface area is 248 Å². The zero-order chi connectivity index (χ0) is 29.6. The molecule has 7 nitrogen and oxygen atoms in total. The molecule has 7 heteroatoms. The molecule has 1 heterocycles. The summed E-state index contributed by atoms with van der Waals surface area (Å²) in [5, 5.41) is 12.7. The Morgan fingerprint density at radius 3 is 2.17 bits per heavy atom. The van der Waals surface area contributed by atoms with Gasteiger partial charge in [-0.1, -0.05) is 103 Å². The van der Waals surface area contributed by atoms with Crippen molar-refractivity contribution in [2.45, 2.75) is 44.7 Å². The Hall–Kier alpha value is -4.23. The molecule has 0 spiro atoms. The Bertz CT molecular complexity index is 1300. The molecule has 220 valence electrons. The fraction of sp³-hybridized carbons (Fsp3) is 0.343. The predicted molar refractivity (Wildman–Crippen MR) is 162 cm³/mol. The Morgan fingerprint density at radius 1 is 0.857 bits per heavy atom.